The highest BCUT2D eigenvalue weighted by molar-refractivity contribution is 6.68. The Hall–Kier alpha value is -2.05. The summed E-state index contributed by atoms with van der Waals surface area (Å²) in [6.45, 7) is 1.37. The van der Waals surface area contributed by atoms with E-state index in [-0.39, 0.29) is 11.0 Å². The summed E-state index contributed by atoms with van der Waals surface area (Å²) in [5.41, 5.74) is -0.277. The molecule has 0 saturated heterocycles. The van der Waals surface area contributed by atoms with Gasteiger partial charge in [-0.15, -0.1) is 0 Å². The van der Waals surface area contributed by atoms with E-state index in [1.807, 2.05) is 0 Å². The van der Waals surface area contributed by atoms with Gasteiger partial charge in [-0.2, -0.15) is 0 Å². The molecule has 0 aliphatic rings. The van der Waals surface area contributed by atoms with Crippen LogP contribution in [0.1, 0.15) is 5.56 Å². The first kappa shape index (κ1) is 15.3. The van der Waals surface area contributed by atoms with Gasteiger partial charge in [-0.1, -0.05) is 5.46 Å². The fourth-order valence-corrected chi connectivity index (χ4v) is 2.08. The monoisotopic (exact) mass is 300 g/mol. The Morgan fingerprint density at radius 3 is 2.19 bits per heavy atom. The normalized spacial score (nSPS) is 10.6. The smallest absolute Gasteiger partial charge is 0.201 e. The number of halogens is 5. The maximum atomic E-state index is 13.8. The van der Waals surface area contributed by atoms with Gasteiger partial charge < -0.3 is 4.74 Å². The van der Waals surface area contributed by atoms with Gasteiger partial charge in [0.1, 0.15) is 11.6 Å². The van der Waals surface area contributed by atoms with Crippen LogP contribution in [0.3, 0.4) is 0 Å². The molecule has 0 aromatic heterocycles. The van der Waals surface area contributed by atoms with Crippen LogP contribution >= 0.6 is 0 Å². The van der Waals surface area contributed by atoms with Gasteiger partial charge in [0.2, 0.25) is 7.28 Å². The number of methoxy groups -OCH3 is 1. The largest absolute Gasteiger partial charge is 0.494 e. The van der Waals surface area contributed by atoms with Gasteiger partial charge in [0.05, 0.1) is 7.11 Å². The molecule has 0 spiro atoms. The highest BCUT2D eigenvalue weighted by Crippen LogP contribution is 2.18. The van der Waals surface area contributed by atoms with Crippen LogP contribution in [-0.4, -0.2) is 14.4 Å². The topological polar surface area (TPSA) is 9.23 Å². The van der Waals surface area contributed by atoms with Crippen LogP contribution in [0.5, 0.6) is 5.75 Å². The molecule has 0 aliphatic heterocycles. The molecule has 0 radical (unpaired) electrons. The molecule has 0 saturated carbocycles. The third kappa shape index (κ3) is 2.86. The minimum atomic E-state index is -1.39. The van der Waals surface area contributed by atoms with Crippen molar-refractivity contribution in [2.75, 3.05) is 7.11 Å². The van der Waals surface area contributed by atoms with E-state index in [4.69, 9.17) is 4.74 Å². The van der Waals surface area contributed by atoms with E-state index in [1.165, 1.54) is 6.92 Å². The van der Waals surface area contributed by atoms with Crippen molar-refractivity contribution in [1.82, 2.24) is 0 Å². The molecule has 0 heterocycles. The SMILES string of the molecule is COc1c(F)cc(F)c(F)c1Bc1cc(F)cc(F)c1C. The summed E-state index contributed by atoms with van der Waals surface area (Å²) in [5.74, 6) is -5.94. The molecule has 2 aromatic rings. The summed E-state index contributed by atoms with van der Waals surface area (Å²) >= 11 is 0. The summed E-state index contributed by atoms with van der Waals surface area (Å²) in [4.78, 5) is 0. The second-order valence-corrected chi connectivity index (χ2v) is 4.51. The van der Waals surface area contributed by atoms with Crippen LogP contribution in [0.4, 0.5) is 22.0 Å². The van der Waals surface area contributed by atoms with Gasteiger partial charge in [0.25, 0.3) is 0 Å². The van der Waals surface area contributed by atoms with Gasteiger partial charge >= 0.3 is 0 Å². The lowest BCUT2D eigenvalue weighted by Gasteiger charge is -2.12. The minimum Gasteiger partial charge on any atom is -0.494 e. The van der Waals surface area contributed by atoms with Crippen LogP contribution in [-0.2, 0) is 0 Å². The van der Waals surface area contributed by atoms with Gasteiger partial charge in [0, 0.05) is 17.6 Å². The number of benzene rings is 2. The molecule has 0 amide bonds. The Morgan fingerprint density at radius 2 is 1.57 bits per heavy atom. The zero-order chi connectivity index (χ0) is 15.7. The van der Waals surface area contributed by atoms with Crippen molar-refractivity contribution >= 4 is 18.2 Å². The average Bonchev–Trinajstić information content (AvgIpc) is 2.41. The second kappa shape index (κ2) is 5.75. The van der Waals surface area contributed by atoms with Crippen molar-refractivity contribution in [3.05, 3.63) is 52.8 Å². The quantitative estimate of drug-likeness (QED) is 0.479. The minimum absolute atomic E-state index is 0.0718. The molecule has 21 heavy (non-hydrogen) atoms. The van der Waals surface area contributed by atoms with Crippen molar-refractivity contribution < 1.29 is 26.7 Å². The second-order valence-electron chi connectivity index (χ2n) is 4.51. The lowest BCUT2D eigenvalue weighted by Crippen LogP contribution is -2.34. The Bertz CT molecular complexity index is 702. The molecular weight excluding hydrogens is 290 g/mol. The van der Waals surface area contributed by atoms with E-state index in [9.17, 15) is 22.0 Å². The fraction of sp³-hybridized carbons (Fsp3) is 0.143. The first-order chi connectivity index (χ1) is 9.85. The molecule has 0 fully saturated rings. The highest BCUT2D eigenvalue weighted by atomic mass is 19.2. The zero-order valence-electron chi connectivity index (χ0n) is 11.2. The van der Waals surface area contributed by atoms with E-state index in [0.29, 0.717) is 12.1 Å². The van der Waals surface area contributed by atoms with Crippen LogP contribution in [0.25, 0.3) is 0 Å². The van der Waals surface area contributed by atoms with E-state index >= 15 is 0 Å². The van der Waals surface area contributed by atoms with Crippen molar-refractivity contribution in [2.24, 2.45) is 0 Å². The maximum Gasteiger partial charge on any atom is 0.201 e. The molecule has 0 N–H and O–H groups in total. The van der Waals surface area contributed by atoms with Crippen LogP contribution < -0.4 is 15.7 Å². The summed E-state index contributed by atoms with van der Waals surface area (Å²) < 4.78 is 72.1. The lowest BCUT2D eigenvalue weighted by molar-refractivity contribution is 0.381. The number of hydrogen-bond acceptors (Lipinski definition) is 1. The molecule has 2 aromatic carbocycles. The van der Waals surface area contributed by atoms with Crippen molar-refractivity contribution in [3.8, 4) is 5.75 Å². The maximum absolute atomic E-state index is 13.8. The molecule has 0 aliphatic carbocycles. The summed E-state index contributed by atoms with van der Waals surface area (Å²) in [7, 11) is 0.697. The van der Waals surface area contributed by atoms with E-state index in [2.05, 4.69) is 0 Å². The molecular formula is C14H10BF5O. The Kier molecular flexibility index (Phi) is 4.20. The Balaban J connectivity index is 2.59. The first-order valence-corrected chi connectivity index (χ1v) is 6.00. The number of ether oxygens (including phenoxy) is 1. The highest BCUT2D eigenvalue weighted by Gasteiger charge is 2.22. The molecule has 0 unspecified atom stereocenters. The molecule has 2 rings (SSSR count). The van der Waals surface area contributed by atoms with Gasteiger partial charge in [-0.05, 0) is 18.6 Å². The molecule has 0 atom stereocenters. The zero-order valence-corrected chi connectivity index (χ0v) is 11.2. The van der Waals surface area contributed by atoms with E-state index < -0.39 is 47.6 Å². The average molecular weight is 300 g/mol. The van der Waals surface area contributed by atoms with Gasteiger partial charge in [-0.25, -0.2) is 22.0 Å². The standard InChI is InChI=1S/C14H10BF5O/c1-6-8(3-7(16)4-9(6)17)15-12-13(20)10(18)5-11(19)14(12)21-2/h3-5,15H,1-2H3. The Morgan fingerprint density at radius 1 is 0.905 bits per heavy atom. The van der Waals surface area contributed by atoms with Gasteiger partial charge in [0.15, 0.2) is 23.2 Å². The van der Waals surface area contributed by atoms with Crippen molar-refractivity contribution in [1.29, 1.82) is 0 Å². The Labute approximate surface area is 118 Å². The van der Waals surface area contributed by atoms with Gasteiger partial charge in [-0.3, -0.25) is 0 Å². The molecule has 7 heteroatoms. The van der Waals surface area contributed by atoms with E-state index in [1.54, 1.807) is 0 Å². The number of rotatable bonds is 3. The molecule has 1 nitrogen and oxygen atoms in total. The predicted octanol–water partition coefficient (Wildman–Crippen LogP) is 2.09. The van der Waals surface area contributed by atoms with Crippen LogP contribution in [0, 0.1) is 36.0 Å². The molecule has 110 valence electrons. The summed E-state index contributed by atoms with van der Waals surface area (Å²) in [6, 6.07) is 2.02. The third-order valence-corrected chi connectivity index (χ3v) is 3.21. The first-order valence-electron chi connectivity index (χ1n) is 6.00. The predicted molar refractivity (Wildman–Crippen MR) is 70.4 cm³/mol. The lowest BCUT2D eigenvalue weighted by atomic mass is 9.61. The molecule has 0 bridgehead atoms. The van der Waals surface area contributed by atoms with Crippen LogP contribution in [0.2, 0.25) is 0 Å². The summed E-state index contributed by atoms with van der Waals surface area (Å²) in [6.07, 6.45) is 0. The van der Waals surface area contributed by atoms with Crippen molar-refractivity contribution in [2.45, 2.75) is 6.92 Å². The van der Waals surface area contributed by atoms with Crippen molar-refractivity contribution in [3.63, 3.8) is 0 Å². The van der Waals surface area contributed by atoms with Crippen LogP contribution in [0.15, 0.2) is 18.2 Å². The number of hydrogen-bond donors (Lipinski definition) is 0. The fourth-order valence-electron chi connectivity index (χ4n) is 2.08. The summed E-state index contributed by atoms with van der Waals surface area (Å²) in [5, 5.41) is 0. The third-order valence-electron chi connectivity index (χ3n) is 3.21. The van der Waals surface area contributed by atoms with E-state index in [0.717, 1.165) is 13.2 Å².